The number of fused-ring (bicyclic) bond motifs is 4. The second-order valence-corrected chi connectivity index (χ2v) is 12.8. The van der Waals surface area contributed by atoms with Gasteiger partial charge in [-0.25, -0.2) is 19.3 Å². The highest BCUT2D eigenvalue weighted by Gasteiger charge is 2.51. The number of anilines is 1. The van der Waals surface area contributed by atoms with Crippen molar-refractivity contribution in [3.05, 3.63) is 12.7 Å². The molecule has 236 valence electrons. The summed E-state index contributed by atoms with van der Waals surface area (Å²) in [6, 6.07) is -1.06. The van der Waals surface area contributed by atoms with Crippen LogP contribution in [0.2, 0.25) is 0 Å². The Bertz CT molecular complexity index is 1760. The fraction of sp³-hybridized carbons (Fsp3) is 0.550. The van der Waals surface area contributed by atoms with E-state index in [4.69, 9.17) is 33.8 Å². The van der Waals surface area contributed by atoms with Gasteiger partial charge >= 0.3 is 10.3 Å². The maximum Gasteiger partial charge on any atom is 0.336 e. The van der Waals surface area contributed by atoms with Crippen LogP contribution in [0, 0.1) is 5.41 Å². The molecule has 5 aliphatic rings. The van der Waals surface area contributed by atoms with Crippen LogP contribution in [0.1, 0.15) is 12.6 Å². The smallest absolute Gasteiger partial charge is 0.336 e. The number of phosphoric acid groups is 1. The van der Waals surface area contributed by atoms with E-state index in [1.54, 1.807) is 0 Å². The molecular formula is C20H22FN11O10PS-. The van der Waals surface area contributed by atoms with Gasteiger partial charge in [0.25, 0.3) is 13.7 Å². The van der Waals surface area contributed by atoms with Gasteiger partial charge in [-0.2, -0.15) is 18.1 Å². The zero-order valence-corrected chi connectivity index (χ0v) is 23.7. The first kappa shape index (κ1) is 29.2. The molecule has 0 saturated carbocycles. The van der Waals surface area contributed by atoms with Crippen LogP contribution in [0.5, 0.6) is 0 Å². The first-order valence-electron chi connectivity index (χ1n) is 12.9. The van der Waals surface area contributed by atoms with Gasteiger partial charge in [-0.15, -0.1) is 0 Å². The molecule has 0 bridgehead atoms. The van der Waals surface area contributed by atoms with Crippen LogP contribution in [-0.4, -0.2) is 113 Å². The third-order valence-electron chi connectivity index (χ3n) is 7.34. The predicted octanol–water partition coefficient (Wildman–Crippen LogP) is -2.96. The zero-order valence-electron chi connectivity index (χ0n) is 22.0. The Morgan fingerprint density at radius 2 is 2.02 bits per heavy atom. The Hall–Kier alpha value is -3.54. The highest BCUT2D eigenvalue weighted by Crippen LogP contribution is 2.47. The number of alkyl halides is 1. The number of imidazole rings is 1. The number of aliphatic imine (C=N–C) groups is 2. The lowest BCUT2D eigenvalue weighted by Crippen LogP contribution is -2.50. The Kier molecular flexibility index (Phi) is 6.98. The van der Waals surface area contributed by atoms with E-state index in [9.17, 15) is 22.7 Å². The largest absolute Gasteiger partial charge is 0.756 e. The van der Waals surface area contributed by atoms with Gasteiger partial charge in [-0.1, -0.05) is 0 Å². The molecule has 3 fully saturated rings. The van der Waals surface area contributed by atoms with Crippen LogP contribution in [0.15, 0.2) is 22.6 Å². The number of rotatable bonds is 2. The number of hydrogen-bond donors (Lipinski definition) is 4. The predicted molar refractivity (Wildman–Crippen MR) is 139 cm³/mol. The van der Waals surface area contributed by atoms with Gasteiger partial charge in [0.1, 0.15) is 42.5 Å². The van der Waals surface area contributed by atoms with Crippen LogP contribution in [0.25, 0.3) is 11.2 Å². The average Bonchev–Trinajstić information content (AvgIpc) is 3.72. The van der Waals surface area contributed by atoms with Crippen molar-refractivity contribution in [3.8, 4) is 0 Å². The number of carbonyl (C=O) groups is 1. The van der Waals surface area contributed by atoms with Crippen molar-refractivity contribution in [1.82, 2.24) is 34.5 Å². The lowest BCUT2D eigenvalue weighted by Gasteiger charge is -2.31. The molecule has 2 aromatic rings. The summed E-state index contributed by atoms with van der Waals surface area (Å²) in [5.74, 6) is -0.972. The van der Waals surface area contributed by atoms with Crippen molar-refractivity contribution in [2.24, 2.45) is 9.98 Å². The number of amides is 1. The first-order valence-corrected chi connectivity index (χ1v) is 15.8. The van der Waals surface area contributed by atoms with Crippen LogP contribution in [0.4, 0.5) is 10.2 Å². The summed E-state index contributed by atoms with van der Waals surface area (Å²) in [7, 11) is -9.85. The lowest BCUT2D eigenvalue weighted by molar-refractivity contribution is -0.235. The van der Waals surface area contributed by atoms with Crippen molar-refractivity contribution in [1.29, 1.82) is 5.41 Å². The fourth-order valence-electron chi connectivity index (χ4n) is 5.37. The van der Waals surface area contributed by atoms with Gasteiger partial charge in [-0.05, 0) is 0 Å². The number of ether oxygens (including phenoxy) is 2. The maximum atomic E-state index is 15.8. The number of amidine groups is 1. The molecule has 0 spiro atoms. The third-order valence-corrected chi connectivity index (χ3v) is 9.33. The Balaban J connectivity index is 1.12. The second-order valence-electron chi connectivity index (χ2n) is 10.1. The van der Waals surface area contributed by atoms with Crippen LogP contribution < -0.4 is 20.7 Å². The number of carbonyl (C=O) groups excluding carboxylic acids is 1. The number of aromatic nitrogens is 4. The molecule has 9 atom stereocenters. The maximum absolute atomic E-state index is 15.8. The van der Waals surface area contributed by atoms with E-state index in [-0.39, 0.29) is 29.2 Å². The van der Waals surface area contributed by atoms with E-state index in [0.29, 0.717) is 0 Å². The Morgan fingerprint density at radius 1 is 1.20 bits per heavy atom. The van der Waals surface area contributed by atoms with Crippen LogP contribution >= 0.6 is 7.82 Å². The minimum Gasteiger partial charge on any atom is -0.756 e. The highest BCUT2D eigenvalue weighted by atomic mass is 32.2. The molecule has 0 aromatic carbocycles. The molecule has 0 aliphatic carbocycles. The summed E-state index contributed by atoms with van der Waals surface area (Å²) in [4.78, 5) is 46.3. The minimum absolute atomic E-state index is 0.0100. The topological polar surface area (TPSA) is 283 Å². The van der Waals surface area contributed by atoms with Crippen molar-refractivity contribution in [3.63, 3.8) is 0 Å². The molecule has 44 heavy (non-hydrogen) atoms. The van der Waals surface area contributed by atoms with E-state index in [0.717, 1.165) is 17.2 Å². The number of nitrogens with two attached hydrogens (primary N) is 1. The molecule has 5 aliphatic heterocycles. The minimum atomic E-state index is -5.27. The number of nitrogen functional groups attached to an aromatic ring is 1. The Labute approximate surface area is 246 Å². The lowest BCUT2D eigenvalue weighted by atomic mass is 10.1. The fourth-order valence-corrected chi connectivity index (χ4v) is 7.28. The summed E-state index contributed by atoms with van der Waals surface area (Å²) in [6.45, 7) is -1.44. The van der Waals surface area contributed by atoms with Crippen molar-refractivity contribution < 1.29 is 49.8 Å². The van der Waals surface area contributed by atoms with E-state index in [2.05, 4.69) is 35.0 Å². The van der Waals surface area contributed by atoms with Crippen LogP contribution in [0.3, 0.4) is 0 Å². The number of halogens is 1. The van der Waals surface area contributed by atoms with Gasteiger partial charge < -0.3 is 29.1 Å². The van der Waals surface area contributed by atoms with Gasteiger partial charge in [0.15, 0.2) is 35.7 Å². The quantitative estimate of drug-likeness (QED) is 0.235. The van der Waals surface area contributed by atoms with Crippen LogP contribution in [-0.2, 0) is 42.4 Å². The molecule has 2 aromatic heterocycles. The zero-order chi connectivity index (χ0) is 31.0. The number of nitrogens with one attached hydrogen (secondary N) is 3. The van der Waals surface area contributed by atoms with E-state index in [1.807, 2.05) is 0 Å². The summed E-state index contributed by atoms with van der Waals surface area (Å²) >= 11 is 0. The van der Waals surface area contributed by atoms with Gasteiger partial charge in [0, 0.05) is 13.0 Å². The number of guanidine groups is 1. The van der Waals surface area contributed by atoms with Gasteiger partial charge in [0.2, 0.25) is 5.96 Å². The summed E-state index contributed by atoms with van der Waals surface area (Å²) in [6.07, 6.45) is -7.37. The van der Waals surface area contributed by atoms with Gasteiger partial charge in [0.05, 0.1) is 19.3 Å². The van der Waals surface area contributed by atoms with Crippen molar-refractivity contribution in [2.45, 2.75) is 55.5 Å². The molecule has 0 radical (unpaired) electrons. The number of nitrogens with zero attached hydrogens (tertiary/aromatic N) is 7. The monoisotopic (exact) mass is 658 g/mol. The summed E-state index contributed by atoms with van der Waals surface area (Å²) in [5.41, 5.74) is 6.01. The first-order chi connectivity index (χ1) is 20.9. The standard InChI is InChI=1S/C20H23FN11O10PS/c21-11-14-8(40-19(11)32-6-26-12-15(22)24-4-25-16(12)32)2-28-44(36,37)42-7-1-10(39-9(7)3-38-43(34,35)41-14)31-5-27-13-17(31)29-20(23)30-18(13)33/h4-11,13-14,19,28H,1-3H2,(H,34,35)(H2,22,24,25)(H2,23,30,33)/p-1/t7-,8+,9+,10+,11+,13?,14+,19+/m0/s1. The summed E-state index contributed by atoms with van der Waals surface area (Å²) < 4.78 is 84.9. The molecule has 1 amide bonds. The third kappa shape index (κ3) is 5.14. The highest BCUT2D eigenvalue weighted by molar-refractivity contribution is 7.84. The molecule has 7 heterocycles. The van der Waals surface area contributed by atoms with Crippen molar-refractivity contribution >= 4 is 59.1 Å². The normalized spacial score (nSPS) is 38.8. The number of phosphoric ester groups is 1. The SMILES string of the molecule is N=C1N=C2C(N=CN2[C@H]2C[C@@H]3OS(=O)(=O)NC[C@H]4O[C@@H](n5cnc6c(N)ncnc65)[C@H](F)[C@@H]4OP(=O)([O-])OC[C@H]3O2)C(=O)N1. The van der Waals surface area contributed by atoms with Gasteiger partial charge in [-0.3, -0.25) is 38.7 Å². The average molecular weight is 659 g/mol. The molecule has 3 saturated heterocycles. The molecule has 2 unspecified atom stereocenters. The molecule has 5 N–H and O–H groups in total. The second kappa shape index (κ2) is 10.5. The number of hydrogen-bond acceptors (Lipinski definition) is 17. The molecule has 21 nitrogen and oxygen atoms in total. The molecule has 7 rings (SSSR count). The summed E-state index contributed by atoms with van der Waals surface area (Å²) in [5, 5.41) is 9.92. The van der Waals surface area contributed by atoms with E-state index >= 15 is 4.39 Å². The molecular weight excluding hydrogens is 636 g/mol. The van der Waals surface area contributed by atoms with E-state index in [1.165, 1.54) is 11.2 Å². The van der Waals surface area contributed by atoms with E-state index < -0.39 is 92.2 Å². The Morgan fingerprint density at radius 3 is 2.84 bits per heavy atom. The van der Waals surface area contributed by atoms with Crippen molar-refractivity contribution in [2.75, 3.05) is 18.9 Å². The molecule has 24 heteroatoms.